The third-order valence-electron chi connectivity index (χ3n) is 3.88. The molecule has 3 rings (SSSR count). The van der Waals surface area contributed by atoms with Crippen LogP contribution in [-0.2, 0) is 17.9 Å². The minimum absolute atomic E-state index is 0.0469. The molecule has 0 aliphatic rings. The van der Waals surface area contributed by atoms with Crippen molar-refractivity contribution in [1.29, 1.82) is 0 Å². The first-order chi connectivity index (χ1) is 11.3. The summed E-state index contributed by atoms with van der Waals surface area (Å²) in [5.41, 5.74) is 2.19. The minimum Gasteiger partial charge on any atom is -0.497 e. The van der Waals surface area contributed by atoms with E-state index in [-0.39, 0.29) is 5.91 Å². The van der Waals surface area contributed by atoms with E-state index in [1.54, 1.807) is 7.11 Å². The molecule has 1 N–H and O–H groups in total. The van der Waals surface area contributed by atoms with Crippen LogP contribution < -0.4 is 10.1 Å². The molecule has 0 atom stereocenters. The zero-order chi connectivity index (χ0) is 16.1. The highest BCUT2D eigenvalue weighted by atomic mass is 16.5. The summed E-state index contributed by atoms with van der Waals surface area (Å²) in [4.78, 5) is 12.0. The van der Waals surface area contributed by atoms with Gasteiger partial charge in [-0.15, -0.1) is 0 Å². The third kappa shape index (κ3) is 3.72. The van der Waals surface area contributed by atoms with E-state index in [2.05, 4.69) is 28.1 Å². The molecule has 0 fully saturated rings. The first kappa shape index (κ1) is 15.2. The number of methoxy groups -OCH3 is 1. The molecule has 23 heavy (non-hydrogen) atoms. The maximum Gasteiger partial charge on any atom is 0.222 e. The molecule has 1 aromatic heterocycles. The summed E-state index contributed by atoms with van der Waals surface area (Å²) in [6.45, 7) is 1.19. The number of carbonyl (C=O) groups excluding carboxylic acids is 1. The maximum atomic E-state index is 12.0. The molecule has 0 saturated heterocycles. The minimum atomic E-state index is 0.0469. The van der Waals surface area contributed by atoms with Crippen LogP contribution in [-0.4, -0.2) is 17.6 Å². The Hall–Kier alpha value is -2.75. The molecule has 0 aliphatic carbocycles. The van der Waals surface area contributed by atoms with Crippen LogP contribution in [0, 0.1) is 0 Å². The van der Waals surface area contributed by atoms with Gasteiger partial charge in [-0.2, -0.15) is 0 Å². The normalized spacial score (nSPS) is 10.7. The third-order valence-corrected chi connectivity index (χ3v) is 3.88. The predicted molar refractivity (Wildman–Crippen MR) is 91.4 cm³/mol. The van der Waals surface area contributed by atoms with Crippen LogP contribution in [0.15, 0.2) is 60.8 Å². The van der Waals surface area contributed by atoms with Crippen LogP contribution in [0.4, 0.5) is 0 Å². The molecule has 1 heterocycles. The molecule has 4 heteroatoms. The van der Waals surface area contributed by atoms with Gasteiger partial charge in [-0.25, -0.2) is 0 Å². The van der Waals surface area contributed by atoms with Gasteiger partial charge in [0.1, 0.15) is 5.75 Å². The number of fused-ring (bicyclic) bond motifs is 1. The van der Waals surface area contributed by atoms with E-state index in [4.69, 9.17) is 4.74 Å². The molecule has 4 nitrogen and oxygen atoms in total. The van der Waals surface area contributed by atoms with E-state index in [1.807, 2.05) is 42.6 Å². The summed E-state index contributed by atoms with van der Waals surface area (Å²) >= 11 is 0. The lowest BCUT2D eigenvalue weighted by Gasteiger charge is -2.08. The fraction of sp³-hybridized carbons (Fsp3) is 0.211. The van der Waals surface area contributed by atoms with E-state index in [0.29, 0.717) is 19.5 Å². The number of hydrogen-bond donors (Lipinski definition) is 1. The Morgan fingerprint density at radius 1 is 1.13 bits per heavy atom. The Kier molecular flexibility index (Phi) is 4.62. The first-order valence-corrected chi connectivity index (χ1v) is 7.70. The average molecular weight is 308 g/mol. The molecular weight excluding hydrogens is 288 g/mol. The Morgan fingerprint density at radius 3 is 2.87 bits per heavy atom. The number of para-hydroxylation sites is 1. The molecule has 0 unspecified atom stereocenters. The van der Waals surface area contributed by atoms with Crippen molar-refractivity contribution < 1.29 is 9.53 Å². The van der Waals surface area contributed by atoms with Crippen molar-refractivity contribution in [3.63, 3.8) is 0 Å². The molecule has 3 aromatic rings. The van der Waals surface area contributed by atoms with Crippen LogP contribution in [0.3, 0.4) is 0 Å². The molecule has 1 amide bonds. The fourth-order valence-corrected chi connectivity index (χ4v) is 2.63. The highest BCUT2D eigenvalue weighted by Gasteiger charge is 2.05. The van der Waals surface area contributed by atoms with E-state index < -0.39 is 0 Å². The average Bonchev–Trinajstić information content (AvgIpc) is 3.01. The lowest BCUT2D eigenvalue weighted by Crippen LogP contribution is -2.23. The molecule has 0 bridgehead atoms. The number of ether oxygens (including phenoxy) is 1. The number of aromatic nitrogens is 1. The summed E-state index contributed by atoms with van der Waals surface area (Å²) < 4.78 is 7.29. The fourth-order valence-electron chi connectivity index (χ4n) is 2.63. The molecule has 0 aliphatic heterocycles. The number of carbonyl (C=O) groups is 1. The number of nitrogens with zero attached hydrogens (tertiary/aromatic N) is 1. The molecular formula is C19H20N2O2. The maximum absolute atomic E-state index is 12.0. The van der Waals surface area contributed by atoms with Crippen molar-refractivity contribution in [2.75, 3.05) is 7.11 Å². The van der Waals surface area contributed by atoms with Crippen LogP contribution in [0.2, 0.25) is 0 Å². The van der Waals surface area contributed by atoms with E-state index in [1.165, 1.54) is 5.39 Å². The van der Waals surface area contributed by atoms with E-state index in [0.717, 1.165) is 16.8 Å². The van der Waals surface area contributed by atoms with Gasteiger partial charge in [0.15, 0.2) is 0 Å². The summed E-state index contributed by atoms with van der Waals surface area (Å²) in [7, 11) is 1.64. The van der Waals surface area contributed by atoms with Gasteiger partial charge in [-0.3, -0.25) is 4.79 Å². The van der Waals surface area contributed by atoms with Crippen molar-refractivity contribution >= 4 is 16.8 Å². The smallest absolute Gasteiger partial charge is 0.222 e. The second kappa shape index (κ2) is 7.01. The lowest BCUT2D eigenvalue weighted by atomic mass is 10.2. The Morgan fingerprint density at radius 2 is 2.00 bits per heavy atom. The van der Waals surface area contributed by atoms with Crippen molar-refractivity contribution in [2.45, 2.75) is 19.5 Å². The Bertz CT molecular complexity index is 808. The predicted octanol–water partition coefficient (Wildman–Crippen LogP) is 3.36. The zero-order valence-corrected chi connectivity index (χ0v) is 13.2. The molecule has 118 valence electrons. The zero-order valence-electron chi connectivity index (χ0n) is 13.2. The highest BCUT2D eigenvalue weighted by Crippen LogP contribution is 2.15. The summed E-state index contributed by atoms with van der Waals surface area (Å²) in [6.07, 6.45) is 2.49. The summed E-state index contributed by atoms with van der Waals surface area (Å²) in [5.74, 6) is 0.848. The van der Waals surface area contributed by atoms with Gasteiger partial charge in [0, 0.05) is 31.2 Å². The van der Waals surface area contributed by atoms with E-state index >= 15 is 0 Å². The summed E-state index contributed by atoms with van der Waals surface area (Å²) in [6, 6.07) is 18.0. The SMILES string of the molecule is COc1cccc(CNC(=O)CCn2ccc3ccccc32)c1. The summed E-state index contributed by atoms with van der Waals surface area (Å²) in [5, 5.41) is 4.15. The van der Waals surface area contributed by atoms with Gasteiger partial charge in [0.05, 0.1) is 7.11 Å². The van der Waals surface area contributed by atoms with Crippen molar-refractivity contribution in [3.8, 4) is 5.75 Å². The highest BCUT2D eigenvalue weighted by molar-refractivity contribution is 5.80. The quantitative estimate of drug-likeness (QED) is 0.759. The van der Waals surface area contributed by atoms with Crippen LogP contribution in [0.1, 0.15) is 12.0 Å². The lowest BCUT2D eigenvalue weighted by molar-refractivity contribution is -0.121. The monoisotopic (exact) mass is 308 g/mol. The van der Waals surface area contributed by atoms with Crippen LogP contribution >= 0.6 is 0 Å². The number of benzene rings is 2. The first-order valence-electron chi connectivity index (χ1n) is 7.70. The van der Waals surface area contributed by atoms with Gasteiger partial charge < -0.3 is 14.6 Å². The number of aryl methyl sites for hydroxylation is 1. The molecule has 0 spiro atoms. The van der Waals surface area contributed by atoms with Gasteiger partial charge in [0.25, 0.3) is 0 Å². The largest absolute Gasteiger partial charge is 0.497 e. The molecule has 2 aromatic carbocycles. The Balaban J connectivity index is 1.53. The van der Waals surface area contributed by atoms with Gasteiger partial charge >= 0.3 is 0 Å². The van der Waals surface area contributed by atoms with Gasteiger partial charge in [-0.05, 0) is 35.2 Å². The molecule has 0 saturated carbocycles. The van der Waals surface area contributed by atoms with Gasteiger partial charge in [-0.1, -0.05) is 30.3 Å². The van der Waals surface area contributed by atoms with Crippen LogP contribution in [0.25, 0.3) is 10.9 Å². The Labute approximate surface area is 135 Å². The van der Waals surface area contributed by atoms with Crippen LogP contribution in [0.5, 0.6) is 5.75 Å². The second-order valence-electron chi connectivity index (χ2n) is 5.45. The van der Waals surface area contributed by atoms with Crippen molar-refractivity contribution in [3.05, 3.63) is 66.4 Å². The number of amides is 1. The van der Waals surface area contributed by atoms with E-state index in [9.17, 15) is 4.79 Å². The number of rotatable bonds is 6. The van der Waals surface area contributed by atoms with Gasteiger partial charge in [0.2, 0.25) is 5.91 Å². The number of hydrogen-bond acceptors (Lipinski definition) is 2. The topological polar surface area (TPSA) is 43.3 Å². The van der Waals surface area contributed by atoms with Crippen molar-refractivity contribution in [2.24, 2.45) is 0 Å². The second-order valence-corrected chi connectivity index (χ2v) is 5.45. The number of nitrogens with one attached hydrogen (secondary N) is 1. The molecule has 0 radical (unpaired) electrons. The standard InChI is InChI=1S/C19H20N2O2/c1-23-17-7-4-5-15(13-17)14-20-19(22)10-12-21-11-9-16-6-2-3-8-18(16)21/h2-9,11,13H,10,12,14H2,1H3,(H,20,22). The van der Waals surface area contributed by atoms with Crippen molar-refractivity contribution in [1.82, 2.24) is 9.88 Å².